The Labute approximate surface area is 246 Å². The first-order valence-electron chi connectivity index (χ1n) is 14.0. The number of para-hydroxylation sites is 1. The molecular weight excluding hydrogens is 558 g/mol. The summed E-state index contributed by atoms with van der Waals surface area (Å²) >= 11 is 6.07. The fraction of sp³-hybridized carbons (Fsp3) is 0.333. The van der Waals surface area contributed by atoms with Crippen molar-refractivity contribution in [3.8, 4) is 0 Å². The molecule has 7 rings (SSSR count). The largest absolute Gasteiger partial charge is 0.387 e. The number of nitrogens with one attached hydrogen (secondary N) is 2. The van der Waals surface area contributed by atoms with Gasteiger partial charge >= 0.3 is 0 Å². The van der Waals surface area contributed by atoms with Crippen LogP contribution in [0.15, 0.2) is 67.4 Å². The lowest BCUT2D eigenvalue weighted by molar-refractivity contribution is -0.137. The number of fused-ring (bicyclic) bond motifs is 2. The van der Waals surface area contributed by atoms with Crippen molar-refractivity contribution in [2.24, 2.45) is 0 Å². The minimum Gasteiger partial charge on any atom is -0.387 e. The Balaban J connectivity index is 1.07. The van der Waals surface area contributed by atoms with E-state index in [0.717, 1.165) is 36.3 Å². The van der Waals surface area contributed by atoms with Gasteiger partial charge in [0.1, 0.15) is 18.5 Å². The molecule has 5 aromatic rings. The van der Waals surface area contributed by atoms with Crippen LogP contribution in [0.25, 0.3) is 22.1 Å². The lowest BCUT2D eigenvalue weighted by atomic mass is 10.1. The van der Waals surface area contributed by atoms with E-state index < -0.39 is 30.4 Å². The number of imidazole rings is 1. The van der Waals surface area contributed by atoms with E-state index in [1.165, 1.54) is 33.7 Å². The number of amides is 1. The number of hydrogen-bond donors (Lipinski definition) is 4. The number of carbonyl (C=O) groups is 1. The van der Waals surface area contributed by atoms with E-state index in [-0.39, 0.29) is 6.04 Å². The van der Waals surface area contributed by atoms with Gasteiger partial charge in [-0.15, -0.1) is 0 Å². The molecule has 1 saturated heterocycles. The monoisotopic (exact) mass is 587 g/mol. The number of ether oxygens (including phenoxy) is 1. The van der Waals surface area contributed by atoms with Crippen molar-refractivity contribution in [3.63, 3.8) is 0 Å². The molecular formula is C30H30ClN7O4. The Kier molecular flexibility index (Phi) is 7.02. The standard InChI is InChI=1S/C30H30ClN7O4/c31-19-7-5-17(6-8-19)13-37-14-18(21-3-1-2-4-22(21)37)11-12-32-27-23-28(34-15-33-27)38(16-35-23)30-25(40)24(39)26(42-30)29(41)36-20-9-10-20/h1-8,14-16,20,24-26,30,39-40H,9-13H2,(H,36,41)(H,32,33,34). The number of aliphatic hydroxyl groups is 2. The maximum absolute atomic E-state index is 12.5. The van der Waals surface area contributed by atoms with Gasteiger partial charge < -0.3 is 30.2 Å². The van der Waals surface area contributed by atoms with E-state index in [9.17, 15) is 15.0 Å². The number of aromatic nitrogens is 5. The summed E-state index contributed by atoms with van der Waals surface area (Å²) in [7, 11) is 0. The molecule has 3 aromatic heterocycles. The minimum atomic E-state index is -1.37. The number of hydrogen-bond acceptors (Lipinski definition) is 8. The second-order valence-electron chi connectivity index (χ2n) is 10.9. The average Bonchev–Trinajstić information content (AvgIpc) is 3.48. The smallest absolute Gasteiger partial charge is 0.252 e. The predicted molar refractivity (Wildman–Crippen MR) is 157 cm³/mol. The van der Waals surface area contributed by atoms with E-state index in [1.54, 1.807) is 0 Å². The highest BCUT2D eigenvalue weighted by Crippen LogP contribution is 2.33. The lowest BCUT2D eigenvalue weighted by Gasteiger charge is -2.16. The first-order chi connectivity index (χ1) is 20.5. The zero-order chi connectivity index (χ0) is 28.8. The molecule has 1 aliphatic heterocycles. The van der Waals surface area contributed by atoms with Crippen molar-refractivity contribution >= 4 is 45.4 Å². The highest BCUT2D eigenvalue weighted by molar-refractivity contribution is 6.30. The molecule has 1 saturated carbocycles. The van der Waals surface area contributed by atoms with Gasteiger partial charge in [-0.1, -0.05) is 41.9 Å². The van der Waals surface area contributed by atoms with E-state index in [0.29, 0.717) is 23.5 Å². The number of carbonyl (C=O) groups excluding carboxylic acids is 1. The van der Waals surface area contributed by atoms with E-state index in [1.807, 2.05) is 36.4 Å². The Morgan fingerprint density at radius 1 is 1.05 bits per heavy atom. The Morgan fingerprint density at radius 3 is 2.67 bits per heavy atom. The van der Waals surface area contributed by atoms with Gasteiger partial charge in [-0.05, 0) is 48.6 Å². The molecule has 12 heteroatoms. The Bertz CT molecular complexity index is 1750. The van der Waals surface area contributed by atoms with Gasteiger partial charge in [0, 0.05) is 41.3 Å². The normalized spacial score (nSPS) is 22.2. The zero-order valence-corrected chi connectivity index (χ0v) is 23.4. The molecule has 1 amide bonds. The fourth-order valence-corrected chi connectivity index (χ4v) is 5.67. The third-order valence-corrected chi connectivity index (χ3v) is 8.13. The van der Waals surface area contributed by atoms with Crippen LogP contribution in [-0.4, -0.2) is 71.1 Å². The molecule has 4 unspecified atom stereocenters. The second kappa shape index (κ2) is 11.0. The van der Waals surface area contributed by atoms with E-state index in [2.05, 4.69) is 48.5 Å². The van der Waals surface area contributed by atoms with Crippen molar-refractivity contribution < 1.29 is 19.7 Å². The lowest BCUT2D eigenvalue weighted by Crippen LogP contribution is -2.43. The van der Waals surface area contributed by atoms with Crippen molar-refractivity contribution in [1.29, 1.82) is 0 Å². The SMILES string of the molecule is O=C(NC1CC1)C1OC(n2cnc3c(NCCc4cn(Cc5ccc(Cl)cc5)c5ccccc45)ncnc32)C(O)C1O. The third-order valence-electron chi connectivity index (χ3n) is 7.88. The summed E-state index contributed by atoms with van der Waals surface area (Å²) in [5.74, 6) is 0.113. The first kappa shape index (κ1) is 26.8. The molecule has 2 aliphatic rings. The first-order valence-corrected chi connectivity index (χ1v) is 14.4. The van der Waals surface area contributed by atoms with Crippen molar-refractivity contribution in [1.82, 2.24) is 29.4 Å². The molecule has 2 fully saturated rings. The van der Waals surface area contributed by atoms with Gasteiger partial charge in [-0.2, -0.15) is 0 Å². The van der Waals surface area contributed by atoms with Gasteiger partial charge in [-0.25, -0.2) is 15.0 Å². The summed E-state index contributed by atoms with van der Waals surface area (Å²) in [4.78, 5) is 25.8. The molecule has 11 nitrogen and oxygen atoms in total. The summed E-state index contributed by atoms with van der Waals surface area (Å²) < 4.78 is 9.60. The van der Waals surface area contributed by atoms with Gasteiger partial charge in [-0.3, -0.25) is 9.36 Å². The van der Waals surface area contributed by atoms with Crippen LogP contribution >= 0.6 is 11.6 Å². The molecule has 4 atom stereocenters. The summed E-state index contributed by atoms with van der Waals surface area (Å²) in [5.41, 5.74) is 4.45. The predicted octanol–water partition coefficient (Wildman–Crippen LogP) is 3.04. The molecule has 216 valence electrons. The van der Waals surface area contributed by atoms with Crippen LogP contribution in [-0.2, 0) is 22.5 Å². The molecule has 4 heterocycles. The minimum absolute atomic E-state index is 0.111. The average molecular weight is 588 g/mol. The highest BCUT2D eigenvalue weighted by Gasteiger charge is 2.48. The molecule has 0 radical (unpaired) electrons. The van der Waals surface area contributed by atoms with Gasteiger partial charge in [0.05, 0.1) is 6.33 Å². The number of aliphatic hydroxyl groups excluding tert-OH is 2. The molecule has 1 aliphatic carbocycles. The third kappa shape index (κ3) is 5.09. The van der Waals surface area contributed by atoms with Crippen LogP contribution in [0.2, 0.25) is 5.02 Å². The van der Waals surface area contributed by atoms with Crippen LogP contribution in [0.4, 0.5) is 5.82 Å². The number of nitrogens with zero attached hydrogens (tertiary/aromatic N) is 5. The summed E-state index contributed by atoms with van der Waals surface area (Å²) in [6.45, 7) is 1.33. The van der Waals surface area contributed by atoms with E-state index >= 15 is 0 Å². The zero-order valence-electron chi connectivity index (χ0n) is 22.6. The van der Waals surface area contributed by atoms with Crippen molar-refractivity contribution in [2.75, 3.05) is 11.9 Å². The Hall–Kier alpha value is -4.03. The van der Waals surface area contributed by atoms with E-state index in [4.69, 9.17) is 16.3 Å². The molecule has 2 aromatic carbocycles. The summed E-state index contributed by atoms with van der Waals surface area (Å²) in [6.07, 6.45) is 2.75. The summed E-state index contributed by atoms with van der Waals surface area (Å²) in [5, 5.41) is 29.4. The number of halogens is 1. The highest BCUT2D eigenvalue weighted by atomic mass is 35.5. The van der Waals surface area contributed by atoms with Gasteiger partial charge in [0.15, 0.2) is 29.3 Å². The maximum Gasteiger partial charge on any atom is 0.252 e. The Morgan fingerprint density at radius 2 is 1.86 bits per heavy atom. The van der Waals surface area contributed by atoms with Crippen LogP contribution in [0.5, 0.6) is 0 Å². The van der Waals surface area contributed by atoms with Crippen LogP contribution in [0.1, 0.15) is 30.2 Å². The van der Waals surface area contributed by atoms with Crippen LogP contribution in [0, 0.1) is 0 Å². The molecule has 0 bridgehead atoms. The van der Waals surface area contributed by atoms with Crippen molar-refractivity contribution in [3.05, 3.63) is 83.5 Å². The maximum atomic E-state index is 12.5. The summed E-state index contributed by atoms with van der Waals surface area (Å²) in [6, 6.07) is 16.3. The van der Waals surface area contributed by atoms with Gasteiger partial charge in [0.2, 0.25) is 0 Å². The molecule has 4 N–H and O–H groups in total. The number of benzene rings is 2. The fourth-order valence-electron chi connectivity index (χ4n) is 5.54. The molecule has 42 heavy (non-hydrogen) atoms. The topological polar surface area (TPSA) is 139 Å². The van der Waals surface area contributed by atoms with Crippen LogP contribution < -0.4 is 10.6 Å². The quantitative estimate of drug-likeness (QED) is 0.206. The second-order valence-corrected chi connectivity index (χ2v) is 11.3. The number of rotatable bonds is 9. The van der Waals surface area contributed by atoms with Gasteiger partial charge in [0.25, 0.3) is 5.91 Å². The van der Waals surface area contributed by atoms with Crippen molar-refractivity contribution in [2.45, 2.75) is 56.4 Å². The molecule has 0 spiro atoms. The van der Waals surface area contributed by atoms with Crippen LogP contribution in [0.3, 0.4) is 0 Å². The number of anilines is 1.